The number of anilines is 1. The first-order valence-electron chi connectivity index (χ1n) is 9.69. The summed E-state index contributed by atoms with van der Waals surface area (Å²) in [4.78, 5) is 16.4. The molecule has 0 fully saturated rings. The van der Waals surface area contributed by atoms with E-state index >= 15 is 0 Å². The highest BCUT2D eigenvalue weighted by Crippen LogP contribution is 2.35. The van der Waals surface area contributed by atoms with Crippen molar-refractivity contribution in [3.05, 3.63) is 87.5 Å². The molecule has 0 radical (unpaired) electrons. The molecule has 0 atom stereocenters. The van der Waals surface area contributed by atoms with Gasteiger partial charge in [-0.2, -0.15) is 31.4 Å². The topological polar surface area (TPSA) is 59.8 Å². The fourth-order valence-electron chi connectivity index (χ4n) is 3.30. The Morgan fingerprint density at radius 2 is 1.66 bits per heavy atom. The first kappa shape index (κ1) is 24.6. The van der Waals surface area contributed by atoms with Crippen molar-refractivity contribution < 1.29 is 35.5 Å². The molecule has 5 nitrogen and oxygen atoms in total. The minimum atomic E-state index is -4.98. The van der Waals surface area contributed by atoms with Crippen LogP contribution in [-0.2, 0) is 18.9 Å². The number of hydrogen-bond donors (Lipinski definition) is 1. The molecule has 0 aliphatic heterocycles. The van der Waals surface area contributed by atoms with Gasteiger partial charge in [-0.15, -0.1) is 0 Å². The highest BCUT2D eigenvalue weighted by atomic mass is 79.9. The van der Waals surface area contributed by atoms with Crippen molar-refractivity contribution in [2.45, 2.75) is 18.9 Å². The number of amides is 1. The number of halogens is 8. The number of nitrogens with zero attached hydrogens (tertiary/aromatic N) is 3. The predicted octanol–water partition coefficient (Wildman–Crippen LogP) is 6.67. The molecule has 0 spiro atoms. The second-order valence-corrected chi connectivity index (χ2v) is 8.30. The third-order valence-electron chi connectivity index (χ3n) is 4.84. The number of pyridine rings is 1. The van der Waals surface area contributed by atoms with Crippen LogP contribution in [0.25, 0.3) is 10.9 Å². The monoisotopic (exact) mass is 560 g/mol. The Labute approximate surface area is 200 Å². The summed E-state index contributed by atoms with van der Waals surface area (Å²) in [5.74, 6) is -1.75. The summed E-state index contributed by atoms with van der Waals surface area (Å²) in [6.45, 7) is -0.178. The summed E-state index contributed by atoms with van der Waals surface area (Å²) in [5.41, 5.74) is -3.83. The molecule has 1 N–H and O–H groups in total. The third-order valence-corrected chi connectivity index (χ3v) is 5.34. The molecule has 4 rings (SSSR count). The average molecular weight is 561 g/mol. The largest absolute Gasteiger partial charge is 0.437 e. The van der Waals surface area contributed by atoms with E-state index in [9.17, 15) is 35.5 Å². The van der Waals surface area contributed by atoms with Crippen molar-refractivity contribution in [1.82, 2.24) is 14.8 Å². The Morgan fingerprint density at radius 3 is 2.29 bits per heavy atom. The molecular formula is C22H12BrF7N4O. The molecule has 0 aliphatic rings. The highest BCUT2D eigenvalue weighted by molar-refractivity contribution is 9.10. The number of fused-ring (bicyclic) bond motifs is 1. The molecule has 0 saturated carbocycles. The van der Waals surface area contributed by atoms with Crippen LogP contribution in [-0.4, -0.2) is 20.7 Å². The van der Waals surface area contributed by atoms with Crippen LogP contribution < -0.4 is 5.32 Å². The molecule has 182 valence electrons. The Balaban J connectivity index is 1.74. The second kappa shape index (κ2) is 8.95. The van der Waals surface area contributed by atoms with E-state index in [-0.39, 0.29) is 17.4 Å². The second-order valence-electron chi connectivity index (χ2n) is 7.38. The van der Waals surface area contributed by atoms with Gasteiger partial charge >= 0.3 is 12.4 Å². The van der Waals surface area contributed by atoms with Crippen LogP contribution in [0, 0.1) is 5.82 Å². The lowest BCUT2D eigenvalue weighted by Crippen LogP contribution is -2.18. The number of alkyl halides is 6. The minimum absolute atomic E-state index is 0.00265. The lowest BCUT2D eigenvalue weighted by molar-refractivity contribution is -0.141. The van der Waals surface area contributed by atoms with E-state index in [0.717, 1.165) is 23.0 Å². The summed E-state index contributed by atoms with van der Waals surface area (Å²) < 4.78 is 95.2. The van der Waals surface area contributed by atoms with Gasteiger partial charge in [0.2, 0.25) is 0 Å². The van der Waals surface area contributed by atoms with Crippen LogP contribution in [0.4, 0.5) is 36.4 Å². The first-order valence-corrected chi connectivity index (χ1v) is 10.5. The zero-order valence-electron chi connectivity index (χ0n) is 17.2. The summed E-state index contributed by atoms with van der Waals surface area (Å²) in [5, 5.41) is 5.49. The molecule has 2 aromatic heterocycles. The van der Waals surface area contributed by atoms with Crippen molar-refractivity contribution in [3.8, 4) is 0 Å². The molecule has 35 heavy (non-hydrogen) atoms. The standard InChI is InChI=1S/C22H12BrF7N4O/c23-12-3-6-16-14(7-12)15(8-18(31-16)21(25,26)27)20(35)32-17-10-34(33-19(17)22(28,29)30)9-11-1-4-13(24)5-2-11/h1-8,10H,9H2,(H,32,35). The van der Waals surface area contributed by atoms with Gasteiger partial charge in [-0.25, -0.2) is 9.37 Å². The summed E-state index contributed by atoms with van der Waals surface area (Å²) in [6.07, 6.45) is -8.97. The summed E-state index contributed by atoms with van der Waals surface area (Å²) in [6, 6.07) is 9.41. The first-order chi connectivity index (χ1) is 16.3. The SMILES string of the molecule is O=C(Nc1cn(Cc2ccc(F)cc2)nc1C(F)(F)F)c1cc(C(F)(F)F)nc2ccc(Br)cc12. The van der Waals surface area contributed by atoms with Gasteiger partial charge in [0.25, 0.3) is 5.91 Å². The van der Waals surface area contributed by atoms with Gasteiger partial charge in [-0.1, -0.05) is 28.1 Å². The number of carbonyl (C=O) groups excluding carboxylic acids is 1. The lowest BCUT2D eigenvalue weighted by atomic mass is 10.1. The molecule has 0 bridgehead atoms. The maximum Gasteiger partial charge on any atom is 0.437 e. The van der Waals surface area contributed by atoms with Gasteiger partial charge in [-0.05, 0) is 42.0 Å². The maximum absolute atomic E-state index is 13.6. The molecule has 2 aromatic carbocycles. The number of benzene rings is 2. The smallest absolute Gasteiger partial charge is 0.319 e. The van der Waals surface area contributed by atoms with Gasteiger partial charge < -0.3 is 5.32 Å². The Bertz CT molecular complexity index is 1410. The molecule has 2 heterocycles. The van der Waals surface area contributed by atoms with Crippen LogP contribution in [0.1, 0.15) is 27.3 Å². The van der Waals surface area contributed by atoms with Crippen LogP contribution in [0.2, 0.25) is 0 Å². The van der Waals surface area contributed by atoms with Gasteiger partial charge in [0, 0.05) is 16.1 Å². The van der Waals surface area contributed by atoms with E-state index in [0.29, 0.717) is 16.1 Å². The molecule has 0 aliphatic carbocycles. The van der Waals surface area contributed by atoms with Gasteiger partial charge in [0.05, 0.1) is 23.3 Å². The Morgan fingerprint density at radius 1 is 0.971 bits per heavy atom. The summed E-state index contributed by atoms with van der Waals surface area (Å²) >= 11 is 3.15. The van der Waals surface area contributed by atoms with Crippen LogP contribution in [0.3, 0.4) is 0 Å². The van der Waals surface area contributed by atoms with E-state index < -0.39 is 46.7 Å². The van der Waals surface area contributed by atoms with E-state index in [1.807, 2.05) is 5.32 Å². The Hall–Kier alpha value is -3.48. The van der Waals surface area contributed by atoms with Gasteiger partial charge in [-0.3, -0.25) is 9.48 Å². The van der Waals surface area contributed by atoms with Crippen molar-refractivity contribution in [1.29, 1.82) is 0 Å². The fourth-order valence-corrected chi connectivity index (χ4v) is 3.66. The predicted molar refractivity (Wildman–Crippen MR) is 115 cm³/mol. The molecule has 4 aromatic rings. The molecule has 1 amide bonds. The van der Waals surface area contributed by atoms with Crippen LogP contribution in [0.15, 0.2) is 59.2 Å². The van der Waals surface area contributed by atoms with E-state index in [1.54, 1.807) is 0 Å². The molecular weight excluding hydrogens is 549 g/mol. The van der Waals surface area contributed by atoms with Crippen molar-refractivity contribution in [3.63, 3.8) is 0 Å². The van der Waals surface area contributed by atoms with Gasteiger partial charge in [0.1, 0.15) is 11.5 Å². The zero-order valence-corrected chi connectivity index (χ0v) is 18.8. The van der Waals surface area contributed by atoms with Crippen molar-refractivity contribution in [2.24, 2.45) is 0 Å². The van der Waals surface area contributed by atoms with E-state index in [2.05, 4.69) is 26.0 Å². The number of aromatic nitrogens is 3. The Kier molecular flexibility index (Phi) is 6.30. The van der Waals surface area contributed by atoms with Crippen LogP contribution >= 0.6 is 15.9 Å². The maximum atomic E-state index is 13.6. The zero-order chi connectivity index (χ0) is 25.5. The highest BCUT2D eigenvalue weighted by Gasteiger charge is 2.38. The molecule has 0 unspecified atom stereocenters. The number of rotatable bonds is 4. The average Bonchev–Trinajstić information content (AvgIpc) is 3.16. The van der Waals surface area contributed by atoms with Crippen molar-refractivity contribution in [2.75, 3.05) is 5.32 Å². The van der Waals surface area contributed by atoms with Gasteiger partial charge in [0.15, 0.2) is 5.69 Å². The number of carbonyl (C=O) groups is 1. The summed E-state index contributed by atoms with van der Waals surface area (Å²) in [7, 11) is 0. The van der Waals surface area contributed by atoms with Crippen LogP contribution in [0.5, 0.6) is 0 Å². The lowest BCUT2D eigenvalue weighted by Gasteiger charge is -2.13. The van der Waals surface area contributed by atoms with Crippen molar-refractivity contribution >= 4 is 38.4 Å². The molecule has 13 heteroatoms. The number of nitrogens with one attached hydrogen (secondary N) is 1. The quantitative estimate of drug-likeness (QED) is 0.283. The van der Waals surface area contributed by atoms with E-state index in [4.69, 9.17) is 0 Å². The third kappa shape index (κ3) is 5.45. The minimum Gasteiger partial charge on any atom is -0.319 e. The fraction of sp³-hybridized carbons (Fsp3) is 0.136. The normalized spacial score (nSPS) is 12.2. The number of hydrogen-bond acceptors (Lipinski definition) is 3. The molecule has 0 saturated heterocycles. The van der Waals surface area contributed by atoms with E-state index in [1.165, 1.54) is 30.3 Å².